The molecule has 0 saturated carbocycles. The SMILES string of the molecule is C=C/C=C\[C@H](C)[C@H](OC(N)=O)[C@@H](C)[C@H](OC(C)=O)[C@@H](C)C/C(C)=C\[C@H](C)[C@@H](OC(C)=O)[C@@H](C)/C=C\[C@H](C[C@@H]1OC(=O)[C@H](C)[C@@H](OC(C)=O)[C@H]1C)OC(C)=O. The molecule has 1 amide bonds. The molecule has 0 aromatic carbocycles. The van der Waals surface area contributed by atoms with Gasteiger partial charge in [-0.05, 0) is 32.3 Å². The number of rotatable bonds is 20. The van der Waals surface area contributed by atoms with Crippen LogP contribution in [-0.2, 0) is 52.4 Å². The Morgan fingerprint density at radius 2 is 1.31 bits per heavy atom. The average molecular weight is 762 g/mol. The van der Waals surface area contributed by atoms with E-state index in [0.29, 0.717) is 6.42 Å². The van der Waals surface area contributed by atoms with Gasteiger partial charge in [0.2, 0.25) is 0 Å². The lowest BCUT2D eigenvalue weighted by atomic mass is 9.81. The normalized spacial score (nSPS) is 24.1. The number of esters is 5. The molecular formula is C41H63NO12. The number of cyclic esters (lactones) is 1. The number of amides is 1. The molecular weight excluding hydrogens is 698 g/mol. The van der Waals surface area contributed by atoms with Crippen LogP contribution in [0.2, 0.25) is 0 Å². The molecule has 54 heavy (non-hydrogen) atoms. The van der Waals surface area contributed by atoms with Gasteiger partial charge in [0.05, 0.1) is 5.92 Å². The molecule has 0 aliphatic carbocycles. The molecule has 0 aromatic heterocycles. The van der Waals surface area contributed by atoms with E-state index < -0.39 is 84.4 Å². The maximum atomic E-state index is 12.6. The Bertz CT molecular complexity index is 1400. The van der Waals surface area contributed by atoms with Gasteiger partial charge in [0.25, 0.3) is 0 Å². The Morgan fingerprint density at radius 1 is 0.759 bits per heavy atom. The summed E-state index contributed by atoms with van der Waals surface area (Å²) in [5, 5.41) is 0. The van der Waals surface area contributed by atoms with Crippen LogP contribution in [0.1, 0.15) is 95.9 Å². The summed E-state index contributed by atoms with van der Waals surface area (Å²) in [6.07, 6.45) is 6.27. The van der Waals surface area contributed by atoms with Crippen LogP contribution in [0.25, 0.3) is 0 Å². The van der Waals surface area contributed by atoms with E-state index in [1.165, 1.54) is 27.7 Å². The lowest BCUT2D eigenvalue weighted by Crippen LogP contribution is -2.49. The fourth-order valence-electron chi connectivity index (χ4n) is 7.28. The molecule has 1 saturated heterocycles. The van der Waals surface area contributed by atoms with E-state index in [1.807, 2.05) is 60.6 Å². The van der Waals surface area contributed by atoms with Gasteiger partial charge in [-0.3, -0.25) is 24.0 Å². The predicted molar refractivity (Wildman–Crippen MR) is 202 cm³/mol. The predicted octanol–water partition coefficient (Wildman–Crippen LogP) is 6.58. The first kappa shape index (κ1) is 47.6. The van der Waals surface area contributed by atoms with Crippen LogP contribution in [0.3, 0.4) is 0 Å². The lowest BCUT2D eigenvalue weighted by molar-refractivity contribution is -0.189. The molecule has 13 nitrogen and oxygen atoms in total. The molecule has 0 aromatic rings. The summed E-state index contributed by atoms with van der Waals surface area (Å²) >= 11 is 0. The summed E-state index contributed by atoms with van der Waals surface area (Å²) in [5.74, 6) is -5.03. The molecule has 0 unspecified atom stereocenters. The summed E-state index contributed by atoms with van der Waals surface area (Å²) < 4.78 is 33.8. The summed E-state index contributed by atoms with van der Waals surface area (Å²) in [6, 6.07) is 0. The second-order valence-electron chi connectivity index (χ2n) is 14.8. The number of ether oxygens (including phenoxy) is 6. The number of carbonyl (C=O) groups is 6. The molecule has 1 heterocycles. The van der Waals surface area contributed by atoms with Crippen LogP contribution >= 0.6 is 0 Å². The molecule has 0 spiro atoms. The molecule has 0 radical (unpaired) electrons. The minimum atomic E-state index is -0.932. The number of carbonyl (C=O) groups excluding carboxylic acids is 6. The topological polar surface area (TPSA) is 184 Å². The second kappa shape index (κ2) is 22.7. The third-order valence-corrected chi connectivity index (χ3v) is 9.70. The van der Waals surface area contributed by atoms with Gasteiger partial charge < -0.3 is 34.2 Å². The highest BCUT2D eigenvalue weighted by molar-refractivity contribution is 5.75. The fourth-order valence-corrected chi connectivity index (χ4v) is 7.28. The minimum absolute atomic E-state index is 0.126. The Labute approximate surface area is 321 Å². The third-order valence-electron chi connectivity index (χ3n) is 9.70. The van der Waals surface area contributed by atoms with Crippen LogP contribution < -0.4 is 5.73 Å². The van der Waals surface area contributed by atoms with Gasteiger partial charge in [0, 0.05) is 63.7 Å². The zero-order valence-electron chi connectivity index (χ0n) is 34.1. The standard InChI is InChI=1S/C41H63NO12/c1-14-15-16-23(3)37(54-41(42)48)28(8)38(51-32(12)45)26(6)20-22(2)19-25(5)36(50-31(11)44)24(4)17-18-34(49-30(10)43)21-35-27(7)39(52-33(13)46)29(9)40(47)53-35/h14-19,23-29,34-39H,1,20-21H2,2-13H3,(H2,42,48)/b16-15-,18-17-,22-19-/t23-,24-,25-,26-,27-,28+,29+,34+,35-,36-,37-,38+,39-/m0/s1. The molecule has 1 rings (SSSR count). The highest BCUT2D eigenvalue weighted by atomic mass is 16.6. The van der Waals surface area contributed by atoms with E-state index in [4.69, 9.17) is 34.2 Å². The van der Waals surface area contributed by atoms with Crippen LogP contribution in [-0.4, -0.2) is 72.6 Å². The van der Waals surface area contributed by atoms with E-state index in [-0.39, 0.29) is 36.0 Å². The van der Waals surface area contributed by atoms with E-state index in [9.17, 15) is 28.8 Å². The van der Waals surface area contributed by atoms with Gasteiger partial charge in [-0.2, -0.15) is 0 Å². The number of hydrogen-bond donors (Lipinski definition) is 1. The van der Waals surface area contributed by atoms with Gasteiger partial charge >= 0.3 is 35.9 Å². The van der Waals surface area contributed by atoms with Crippen LogP contribution in [0.5, 0.6) is 0 Å². The molecule has 1 aliphatic heterocycles. The summed E-state index contributed by atoms with van der Waals surface area (Å²) in [4.78, 5) is 72.8. The first-order valence-electron chi connectivity index (χ1n) is 18.6. The summed E-state index contributed by atoms with van der Waals surface area (Å²) in [7, 11) is 0. The molecule has 2 N–H and O–H groups in total. The van der Waals surface area contributed by atoms with Gasteiger partial charge in [0.1, 0.15) is 36.6 Å². The van der Waals surface area contributed by atoms with Crippen molar-refractivity contribution in [3.63, 3.8) is 0 Å². The highest BCUT2D eigenvalue weighted by Crippen LogP contribution is 2.34. The lowest BCUT2D eigenvalue weighted by Gasteiger charge is -2.39. The maximum Gasteiger partial charge on any atom is 0.404 e. The van der Waals surface area contributed by atoms with Gasteiger partial charge in [-0.1, -0.05) is 84.1 Å². The molecule has 13 atom stereocenters. The van der Waals surface area contributed by atoms with Crippen molar-refractivity contribution >= 4 is 35.9 Å². The molecule has 1 aliphatic rings. The van der Waals surface area contributed by atoms with Crippen molar-refractivity contribution in [2.24, 2.45) is 47.2 Å². The van der Waals surface area contributed by atoms with Crippen LogP contribution in [0.4, 0.5) is 4.79 Å². The van der Waals surface area contributed by atoms with E-state index in [2.05, 4.69) is 6.58 Å². The van der Waals surface area contributed by atoms with Crippen molar-refractivity contribution in [3.8, 4) is 0 Å². The van der Waals surface area contributed by atoms with E-state index in [1.54, 1.807) is 31.2 Å². The maximum absolute atomic E-state index is 12.6. The van der Waals surface area contributed by atoms with Crippen molar-refractivity contribution in [2.45, 2.75) is 133 Å². The van der Waals surface area contributed by atoms with Crippen molar-refractivity contribution in [1.82, 2.24) is 0 Å². The first-order chi connectivity index (χ1) is 25.1. The summed E-state index contributed by atoms with van der Waals surface area (Å²) in [6.45, 7) is 23.8. The number of hydrogen-bond acceptors (Lipinski definition) is 12. The smallest absolute Gasteiger partial charge is 0.404 e. The quantitative estimate of drug-likeness (QED) is 0.0610. The summed E-state index contributed by atoms with van der Waals surface area (Å²) in [5.41, 5.74) is 6.36. The monoisotopic (exact) mass is 761 g/mol. The Kier molecular flexibility index (Phi) is 20.0. The Hall–Kier alpha value is -4.42. The number of primary amides is 1. The first-order valence-corrected chi connectivity index (χ1v) is 18.6. The van der Waals surface area contributed by atoms with E-state index in [0.717, 1.165) is 5.57 Å². The molecule has 0 bridgehead atoms. The average Bonchev–Trinajstić information content (AvgIpc) is 3.05. The van der Waals surface area contributed by atoms with E-state index >= 15 is 0 Å². The van der Waals surface area contributed by atoms with Crippen molar-refractivity contribution in [2.75, 3.05) is 0 Å². The van der Waals surface area contributed by atoms with Gasteiger partial charge in [0.15, 0.2) is 0 Å². The third kappa shape index (κ3) is 15.9. The van der Waals surface area contributed by atoms with Crippen LogP contribution in [0.15, 0.2) is 48.6 Å². The Balaban J connectivity index is 3.30. The zero-order valence-corrected chi connectivity index (χ0v) is 34.1. The van der Waals surface area contributed by atoms with Crippen molar-refractivity contribution in [1.29, 1.82) is 0 Å². The van der Waals surface area contributed by atoms with Crippen LogP contribution in [0, 0.1) is 41.4 Å². The minimum Gasteiger partial charge on any atom is -0.462 e. The van der Waals surface area contributed by atoms with Crippen molar-refractivity contribution < 1.29 is 57.2 Å². The fraction of sp³-hybridized carbons (Fsp3) is 0.659. The van der Waals surface area contributed by atoms with Crippen molar-refractivity contribution in [3.05, 3.63) is 48.6 Å². The number of allylic oxidation sites excluding steroid dienone is 3. The largest absolute Gasteiger partial charge is 0.462 e. The molecule has 13 heteroatoms. The highest BCUT2D eigenvalue weighted by Gasteiger charge is 2.44. The molecule has 1 fully saturated rings. The molecule has 304 valence electrons. The Morgan fingerprint density at radius 3 is 1.83 bits per heavy atom. The van der Waals surface area contributed by atoms with Gasteiger partial charge in [-0.25, -0.2) is 4.79 Å². The second-order valence-corrected chi connectivity index (χ2v) is 14.8. The van der Waals surface area contributed by atoms with Gasteiger partial charge in [-0.15, -0.1) is 0 Å². The number of nitrogens with two attached hydrogens (primary N) is 1. The zero-order chi connectivity index (χ0) is 41.4.